The third-order valence-electron chi connectivity index (χ3n) is 12.3. The molecular formula is C46H38ClF2N7O7. The summed E-state index contributed by atoms with van der Waals surface area (Å²) in [5, 5.41) is 32.3. The summed E-state index contributed by atoms with van der Waals surface area (Å²) in [4.78, 5) is 57.1. The Balaban J connectivity index is 0.931. The third-order valence-corrected chi connectivity index (χ3v) is 12.6. The van der Waals surface area contributed by atoms with Crippen molar-refractivity contribution < 1.29 is 38.1 Å². The number of hydrogen-bond acceptors (Lipinski definition) is 12. The number of benzene rings is 3. The number of amides is 1. The van der Waals surface area contributed by atoms with Gasteiger partial charge in [0.25, 0.3) is 11.5 Å². The Labute approximate surface area is 363 Å². The van der Waals surface area contributed by atoms with Crippen LogP contribution < -0.4 is 15.2 Å². The molecule has 0 saturated carbocycles. The lowest BCUT2D eigenvalue weighted by Gasteiger charge is -2.41. The van der Waals surface area contributed by atoms with Gasteiger partial charge in [-0.3, -0.25) is 9.59 Å². The normalized spacial score (nSPS) is 17.9. The molecule has 320 valence electrons. The molecule has 0 radical (unpaired) electrons. The highest BCUT2D eigenvalue weighted by molar-refractivity contribution is 6.34. The second-order valence-electron chi connectivity index (χ2n) is 15.7. The highest BCUT2D eigenvalue weighted by Gasteiger charge is 2.45. The molecule has 0 aliphatic carbocycles. The maximum atomic E-state index is 16.1. The van der Waals surface area contributed by atoms with Crippen LogP contribution in [0.1, 0.15) is 48.9 Å². The summed E-state index contributed by atoms with van der Waals surface area (Å²) >= 11 is 6.53. The van der Waals surface area contributed by atoms with Crippen molar-refractivity contribution in [1.29, 1.82) is 5.26 Å². The average molecular weight is 874 g/mol. The molecule has 17 heteroatoms. The van der Waals surface area contributed by atoms with Crippen molar-refractivity contribution >= 4 is 51.1 Å². The fourth-order valence-corrected chi connectivity index (χ4v) is 9.31. The van der Waals surface area contributed by atoms with Gasteiger partial charge in [-0.2, -0.15) is 5.26 Å². The maximum Gasteiger partial charge on any atom is 0.343 e. The van der Waals surface area contributed by atoms with E-state index in [-0.39, 0.29) is 96.0 Å². The number of phenols is 1. The molecule has 3 aromatic heterocycles. The Morgan fingerprint density at radius 3 is 2.65 bits per heavy atom. The minimum atomic E-state index is -1.94. The topological polar surface area (TPSA) is 184 Å². The standard InChI is InChI=1S/C46H38ClF2N7O7/c1-4-26-27-15-25(9-10-34(27)53-40-29(26)19-56-35(40)17-31-30(44(56)59)21-63-45(60)46(31,61)5-2)62-20-23(3)43(58)55-14-13-54(18-24(55)11-12-50)42-28-16-32(47)37(39(49)41(28)51-22-52-42)38-33(48)7-6-8-36(38)57/h6-10,15-17,22,24,57,61H,3-5,11,13-14,18-21H2,1-2H3/t24-,46-/m0/s1. The van der Waals surface area contributed by atoms with Crippen molar-refractivity contribution in [3.05, 3.63) is 116 Å². The number of aliphatic hydroxyl groups is 1. The highest BCUT2D eigenvalue weighted by atomic mass is 35.5. The predicted octanol–water partition coefficient (Wildman–Crippen LogP) is 6.46. The predicted molar refractivity (Wildman–Crippen MR) is 228 cm³/mol. The van der Waals surface area contributed by atoms with Crippen LogP contribution >= 0.6 is 11.6 Å². The third kappa shape index (κ3) is 6.61. The number of nitrogens with zero attached hydrogens (tertiary/aromatic N) is 7. The first kappa shape index (κ1) is 41.4. The maximum absolute atomic E-state index is 16.1. The van der Waals surface area contributed by atoms with Crippen molar-refractivity contribution in [2.24, 2.45) is 0 Å². The number of ether oxygens (including phenoxy) is 2. The molecular weight excluding hydrogens is 836 g/mol. The van der Waals surface area contributed by atoms with E-state index in [4.69, 9.17) is 26.1 Å². The van der Waals surface area contributed by atoms with Gasteiger partial charge in [0.2, 0.25) is 0 Å². The van der Waals surface area contributed by atoms with E-state index in [1.807, 2.05) is 13.0 Å². The number of phenolic OH excluding ortho intramolecular Hbond substituents is 1. The average Bonchev–Trinajstić information content (AvgIpc) is 3.65. The Morgan fingerprint density at radius 2 is 1.90 bits per heavy atom. The number of pyridine rings is 2. The number of hydrogen-bond donors (Lipinski definition) is 2. The number of halogens is 3. The number of fused-ring (bicyclic) bond motifs is 6. The number of aromatic hydroxyl groups is 1. The van der Waals surface area contributed by atoms with Crippen molar-refractivity contribution in [3.63, 3.8) is 0 Å². The smallest absolute Gasteiger partial charge is 0.343 e. The van der Waals surface area contributed by atoms with Gasteiger partial charge in [0.05, 0.1) is 58.1 Å². The van der Waals surface area contributed by atoms with E-state index >= 15 is 4.39 Å². The summed E-state index contributed by atoms with van der Waals surface area (Å²) in [6.07, 6.45) is 1.76. The number of carbonyl (C=O) groups excluding carboxylic acids is 2. The van der Waals surface area contributed by atoms with Gasteiger partial charge in [0.15, 0.2) is 11.4 Å². The lowest BCUT2D eigenvalue weighted by atomic mass is 9.86. The SMILES string of the molecule is C=C(COc1ccc2nc3c(c(CC)c2c1)Cn1c-3cc2c(c1=O)COC(=O)[C@]2(O)CC)C(=O)N1CCN(c2ncnc3c(F)c(-c4c(O)cccc4F)c(Cl)cc23)C[C@@H]1CC#N. The fraction of sp³-hybridized carbons (Fsp3) is 0.283. The van der Waals surface area contributed by atoms with Crippen molar-refractivity contribution in [2.75, 3.05) is 31.1 Å². The van der Waals surface area contributed by atoms with E-state index in [9.17, 15) is 34.2 Å². The molecule has 2 atom stereocenters. The molecule has 63 heavy (non-hydrogen) atoms. The number of carbonyl (C=O) groups is 2. The largest absolute Gasteiger partial charge is 0.507 e. The lowest BCUT2D eigenvalue weighted by Crippen LogP contribution is -2.56. The second-order valence-corrected chi connectivity index (χ2v) is 16.1. The second kappa shape index (κ2) is 15.7. The molecule has 6 heterocycles. The molecule has 6 aromatic rings. The van der Waals surface area contributed by atoms with Crippen LogP contribution in [0.25, 0.3) is 44.3 Å². The summed E-state index contributed by atoms with van der Waals surface area (Å²) in [5.74, 6) is -2.74. The van der Waals surface area contributed by atoms with Gasteiger partial charge < -0.3 is 34.1 Å². The van der Waals surface area contributed by atoms with Crippen LogP contribution in [-0.2, 0) is 39.5 Å². The first-order valence-corrected chi connectivity index (χ1v) is 20.6. The summed E-state index contributed by atoms with van der Waals surface area (Å²) in [7, 11) is 0. The minimum Gasteiger partial charge on any atom is -0.507 e. The first-order chi connectivity index (χ1) is 30.3. The summed E-state index contributed by atoms with van der Waals surface area (Å²) in [6, 6.07) is 13.6. The van der Waals surface area contributed by atoms with Crippen LogP contribution in [0.2, 0.25) is 5.02 Å². The van der Waals surface area contributed by atoms with Gasteiger partial charge in [0.1, 0.15) is 48.2 Å². The lowest BCUT2D eigenvalue weighted by molar-refractivity contribution is -0.172. The zero-order chi connectivity index (χ0) is 44.5. The Bertz CT molecular complexity index is 3060. The van der Waals surface area contributed by atoms with Gasteiger partial charge in [0, 0.05) is 52.7 Å². The fourth-order valence-electron chi connectivity index (χ4n) is 9.02. The Hall–Kier alpha value is -6.96. The molecule has 1 fully saturated rings. The van der Waals surface area contributed by atoms with Crippen molar-refractivity contribution in [2.45, 2.75) is 57.9 Å². The van der Waals surface area contributed by atoms with E-state index in [0.29, 0.717) is 34.9 Å². The molecule has 1 amide bonds. The first-order valence-electron chi connectivity index (χ1n) is 20.3. The van der Waals surface area contributed by atoms with Crippen LogP contribution in [0, 0.1) is 23.0 Å². The number of nitriles is 1. The van der Waals surface area contributed by atoms with E-state index in [1.165, 1.54) is 18.2 Å². The van der Waals surface area contributed by atoms with E-state index in [2.05, 4.69) is 22.6 Å². The Morgan fingerprint density at radius 1 is 1.10 bits per heavy atom. The minimum absolute atomic E-state index is 0.0307. The number of aryl methyl sites for hydroxylation is 1. The molecule has 2 N–H and O–H groups in total. The molecule has 3 aliphatic rings. The summed E-state index contributed by atoms with van der Waals surface area (Å²) in [6.45, 7) is 8.10. The monoisotopic (exact) mass is 873 g/mol. The van der Waals surface area contributed by atoms with E-state index in [0.717, 1.165) is 28.9 Å². The van der Waals surface area contributed by atoms with Gasteiger partial charge in [-0.25, -0.2) is 28.5 Å². The van der Waals surface area contributed by atoms with E-state index < -0.39 is 46.5 Å². The van der Waals surface area contributed by atoms with Crippen LogP contribution in [0.4, 0.5) is 14.6 Å². The molecule has 0 unspecified atom stereocenters. The number of esters is 1. The van der Waals surface area contributed by atoms with Gasteiger partial charge in [-0.05, 0) is 60.9 Å². The van der Waals surface area contributed by atoms with Gasteiger partial charge in [-0.1, -0.05) is 38.1 Å². The molecule has 3 aliphatic heterocycles. The van der Waals surface area contributed by atoms with Crippen LogP contribution in [0.15, 0.2) is 71.8 Å². The molecule has 3 aromatic carbocycles. The van der Waals surface area contributed by atoms with Gasteiger partial charge in [-0.15, -0.1) is 0 Å². The zero-order valence-electron chi connectivity index (χ0n) is 34.0. The van der Waals surface area contributed by atoms with Gasteiger partial charge >= 0.3 is 5.97 Å². The summed E-state index contributed by atoms with van der Waals surface area (Å²) < 4.78 is 43.8. The molecule has 0 bridgehead atoms. The number of rotatable bonds is 9. The van der Waals surface area contributed by atoms with Crippen molar-refractivity contribution in [1.82, 2.24) is 24.4 Å². The Kier molecular flexibility index (Phi) is 10.3. The number of cyclic esters (lactones) is 1. The molecule has 9 rings (SSSR count). The van der Waals surface area contributed by atoms with E-state index in [1.54, 1.807) is 39.5 Å². The number of piperazine rings is 1. The number of aromatic nitrogens is 4. The van der Waals surface area contributed by atoms with Crippen LogP contribution in [0.5, 0.6) is 11.5 Å². The number of anilines is 1. The van der Waals surface area contributed by atoms with Crippen LogP contribution in [-0.4, -0.2) is 78.8 Å². The molecule has 1 saturated heterocycles. The highest BCUT2D eigenvalue weighted by Crippen LogP contribution is 2.43. The van der Waals surface area contributed by atoms with Crippen molar-refractivity contribution in [3.8, 4) is 40.1 Å². The zero-order valence-corrected chi connectivity index (χ0v) is 34.8. The van der Waals surface area contributed by atoms with Crippen LogP contribution in [0.3, 0.4) is 0 Å². The summed E-state index contributed by atoms with van der Waals surface area (Å²) in [5.41, 5.74) is 0.981. The molecule has 14 nitrogen and oxygen atoms in total. The quantitative estimate of drug-likeness (QED) is 0.120. The molecule has 0 spiro atoms.